The molecule has 2 heterocycles. The first-order chi connectivity index (χ1) is 14.1. The third-order valence-corrected chi connectivity index (χ3v) is 5.93. The van der Waals surface area contributed by atoms with Crippen molar-refractivity contribution in [3.63, 3.8) is 0 Å². The Balaban J connectivity index is 1.77. The Hall–Kier alpha value is -1.72. The van der Waals surface area contributed by atoms with Crippen molar-refractivity contribution >= 4 is 11.8 Å². The molecule has 1 aromatic carbocycles. The van der Waals surface area contributed by atoms with Crippen LogP contribution in [0.1, 0.15) is 35.9 Å². The highest BCUT2D eigenvalue weighted by atomic mass is 32.2. The molecule has 0 saturated carbocycles. The zero-order valence-corrected chi connectivity index (χ0v) is 16.8. The third kappa shape index (κ3) is 5.70. The molecular formula is C19H20F6N2O2S. The molecule has 3 rings (SSSR count). The predicted molar refractivity (Wildman–Crippen MR) is 98.1 cm³/mol. The third-order valence-electron chi connectivity index (χ3n) is 4.64. The highest BCUT2D eigenvalue weighted by molar-refractivity contribution is 8.00. The quantitative estimate of drug-likeness (QED) is 0.534. The van der Waals surface area contributed by atoms with Crippen molar-refractivity contribution in [3.8, 4) is 0 Å². The van der Waals surface area contributed by atoms with Crippen molar-refractivity contribution in [2.24, 2.45) is 0 Å². The maximum absolute atomic E-state index is 13.1. The van der Waals surface area contributed by atoms with Crippen molar-refractivity contribution in [2.75, 3.05) is 20.3 Å². The van der Waals surface area contributed by atoms with Crippen molar-refractivity contribution < 1.29 is 35.8 Å². The summed E-state index contributed by atoms with van der Waals surface area (Å²) < 4.78 is 90.0. The zero-order valence-electron chi connectivity index (χ0n) is 16.0. The summed E-state index contributed by atoms with van der Waals surface area (Å²) in [4.78, 5) is 0.458. The lowest BCUT2D eigenvalue weighted by atomic mass is 10.1. The molecule has 11 heteroatoms. The smallest absolute Gasteiger partial charge is 0.383 e. The van der Waals surface area contributed by atoms with Gasteiger partial charge < -0.3 is 9.47 Å². The fraction of sp³-hybridized carbons (Fsp3) is 0.526. The van der Waals surface area contributed by atoms with Gasteiger partial charge in [-0.25, -0.2) is 0 Å². The van der Waals surface area contributed by atoms with Crippen LogP contribution in [0, 0.1) is 0 Å². The lowest BCUT2D eigenvalue weighted by molar-refractivity contribution is -0.141. The number of aromatic nitrogens is 2. The van der Waals surface area contributed by atoms with Gasteiger partial charge in [0.2, 0.25) is 0 Å². The first-order valence-electron chi connectivity index (χ1n) is 9.17. The number of alkyl halides is 6. The van der Waals surface area contributed by atoms with E-state index in [1.54, 1.807) is 6.07 Å². The van der Waals surface area contributed by atoms with Gasteiger partial charge in [-0.3, -0.25) is 4.68 Å². The monoisotopic (exact) mass is 454 g/mol. The molecule has 2 unspecified atom stereocenters. The lowest BCUT2D eigenvalue weighted by Gasteiger charge is -2.29. The molecule has 30 heavy (non-hydrogen) atoms. The molecule has 1 fully saturated rings. The Morgan fingerprint density at radius 3 is 2.60 bits per heavy atom. The van der Waals surface area contributed by atoms with Gasteiger partial charge in [-0.05, 0) is 37.1 Å². The second-order valence-electron chi connectivity index (χ2n) is 6.82. The van der Waals surface area contributed by atoms with Crippen molar-refractivity contribution in [1.29, 1.82) is 0 Å². The number of halogens is 6. The highest BCUT2D eigenvalue weighted by Crippen LogP contribution is 2.40. The molecule has 166 valence electrons. The first kappa shape index (κ1) is 23.0. The van der Waals surface area contributed by atoms with Crippen LogP contribution in [0.5, 0.6) is 0 Å². The summed E-state index contributed by atoms with van der Waals surface area (Å²) in [6.07, 6.45) is -8.72. The summed E-state index contributed by atoms with van der Waals surface area (Å²) in [5, 5.41) is 3.54. The largest absolute Gasteiger partial charge is 0.435 e. The molecule has 1 aliphatic rings. The fourth-order valence-electron chi connectivity index (χ4n) is 3.20. The van der Waals surface area contributed by atoms with Gasteiger partial charge in [0.1, 0.15) is 6.10 Å². The van der Waals surface area contributed by atoms with Crippen LogP contribution in [0.15, 0.2) is 35.2 Å². The van der Waals surface area contributed by atoms with Gasteiger partial charge in [0.05, 0.1) is 24.4 Å². The van der Waals surface area contributed by atoms with E-state index in [1.165, 1.54) is 29.6 Å². The molecule has 0 radical (unpaired) electrons. The van der Waals surface area contributed by atoms with Gasteiger partial charge in [0.25, 0.3) is 0 Å². The zero-order chi connectivity index (χ0) is 21.9. The van der Waals surface area contributed by atoms with Gasteiger partial charge >= 0.3 is 12.4 Å². The first-order valence-corrected chi connectivity index (χ1v) is 10.1. The summed E-state index contributed by atoms with van der Waals surface area (Å²) >= 11 is 1.27. The second-order valence-corrected chi connectivity index (χ2v) is 8.19. The summed E-state index contributed by atoms with van der Waals surface area (Å²) in [6.45, 7) is 0.604. The molecule has 0 aliphatic carbocycles. The molecule has 0 spiro atoms. The summed E-state index contributed by atoms with van der Waals surface area (Å²) in [6, 6.07) is 5.99. The standard InChI is InChI=1S/C19H20F6N2O2S/c1-28-8-6-27-15(11-17(26-27)19(23,24)25)16-10-14(5-7-29-16)30-13-4-2-3-12(9-13)18(20,21)22/h2-4,9,11,14,16H,5-8,10H2,1H3. The van der Waals surface area contributed by atoms with Crippen molar-refractivity contribution in [2.45, 2.75) is 48.0 Å². The molecule has 1 aliphatic heterocycles. The molecule has 0 amide bonds. The van der Waals surface area contributed by atoms with E-state index in [2.05, 4.69) is 5.10 Å². The minimum Gasteiger partial charge on any atom is -0.383 e. The maximum Gasteiger partial charge on any atom is 0.435 e. The summed E-state index contributed by atoms with van der Waals surface area (Å²) in [5.41, 5.74) is -1.46. The molecule has 4 nitrogen and oxygen atoms in total. The Morgan fingerprint density at radius 2 is 1.93 bits per heavy atom. The normalized spacial score (nSPS) is 20.5. The molecule has 0 N–H and O–H groups in total. The van der Waals surface area contributed by atoms with Crippen molar-refractivity contribution in [3.05, 3.63) is 47.3 Å². The van der Waals surface area contributed by atoms with Gasteiger partial charge in [0, 0.05) is 23.9 Å². The Kier molecular flexibility index (Phi) is 7.03. The van der Waals surface area contributed by atoms with E-state index in [0.29, 0.717) is 17.7 Å². The lowest BCUT2D eigenvalue weighted by Crippen LogP contribution is -2.24. The molecule has 1 saturated heterocycles. The van der Waals surface area contributed by atoms with E-state index in [0.717, 1.165) is 18.2 Å². The number of nitrogens with zero attached hydrogens (tertiary/aromatic N) is 2. The van der Waals surface area contributed by atoms with Gasteiger partial charge in [-0.15, -0.1) is 11.8 Å². The minimum absolute atomic E-state index is 0.104. The molecular weight excluding hydrogens is 434 g/mol. The van der Waals surface area contributed by atoms with Crippen LogP contribution >= 0.6 is 11.8 Å². The highest BCUT2D eigenvalue weighted by Gasteiger charge is 2.37. The number of rotatable bonds is 6. The van der Waals surface area contributed by atoms with E-state index in [4.69, 9.17) is 9.47 Å². The Labute approximate surface area is 173 Å². The fourth-order valence-corrected chi connectivity index (χ4v) is 4.43. The summed E-state index contributed by atoms with van der Waals surface area (Å²) in [7, 11) is 1.44. The van der Waals surface area contributed by atoms with Crippen LogP contribution in [0.25, 0.3) is 0 Å². The van der Waals surface area contributed by atoms with Gasteiger partial charge in [-0.2, -0.15) is 31.4 Å². The van der Waals surface area contributed by atoms with Crippen LogP contribution in [0.4, 0.5) is 26.3 Å². The number of hydrogen-bond acceptors (Lipinski definition) is 4. The number of methoxy groups -OCH3 is 1. The minimum atomic E-state index is -4.59. The molecule has 1 aromatic heterocycles. The van der Waals surface area contributed by atoms with Crippen LogP contribution in [-0.4, -0.2) is 35.4 Å². The average Bonchev–Trinajstić information content (AvgIpc) is 3.11. The maximum atomic E-state index is 13.1. The molecule has 2 aromatic rings. The van der Waals surface area contributed by atoms with Crippen LogP contribution in [-0.2, 0) is 28.4 Å². The Morgan fingerprint density at radius 1 is 1.17 bits per heavy atom. The van der Waals surface area contributed by atoms with Gasteiger partial charge in [-0.1, -0.05) is 6.07 Å². The van der Waals surface area contributed by atoms with E-state index >= 15 is 0 Å². The van der Waals surface area contributed by atoms with E-state index in [9.17, 15) is 26.3 Å². The SMILES string of the molecule is COCCn1nc(C(F)(F)F)cc1C1CC(Sc2cccc(C(F)(F)F)c2)CCO1. The van der Waals surface area contributed by atoms with E-state index in [-0.39, 0.29) is 30.7 Å². The van der Waals surface area contributed by atoms with Crippen LogP contribution in [0.3, 0.4) is 0 Å². The number of hydrogen-bond donors (Lipinski definition) is 0. The predicted octanol–water partition coefficient (Wildman–Crippen LogP) is 5.58. The van der Waals surface area contributed by atoms with Gasteiger partial charge in [0.15, 0.2) is 5.69 Å². The summed E-state index contributed by atoms with van der Waals surface area (Å²) in [5.74, 6) is 0. The number of ether oxygens (including phenoxy) is 2. The average molecular weight is 454 g/mol. The van der Waals surface area contributed by atoms with Crippen LogP contribution < -0.4 is 0 Å². The van der Waals surface area contributed by atoms with Crippen molar-refractivity contribution in [1.82, 2.24) is 9.78 Å². The second kappa shape index (κ2) is 9.19. The van der Waals surface area contributed by atoms with E-state index in [1.807, 2.05) is 0 Å². The molecule has 2 atom stereocenters. The van der Waals surface area contributed by atoms with E-state index < -0.39 is 29.7 Å². The Bertz CT molecular complexity index is 852. The van der Waals surface area contributed by atoms with Crippen LogP contribution in [0.2, 0.25) is 0 Å². The topological polar surface area (TPSA) is 36.3 Å². The number of thioether (sulfide) groups is 1. The molecule has 0 bridgehead atoms. The number of benzene rings is 1.